The second kappa shape index (κ2) is 12.0. The van der Waals surface area contributed by atoms with Crippen molar-refractivity contribution in [2.75, 3.05) is 18.5 Å². The minimum atomic E-state index is -0.410. The number of nitrogens with one attached hydrogen (secondary N) is 1. The molecule has 35 heavy (non-hydrogen) atoms. The summed E-state index contributed by atoms with van der Waals surface area (Å²) in [6.07, 6.45) is 6.49. The number of nitrogens with zero attached hydrogens (tertiary/aromatic N) is 1. The van der Waals surface area contributed by atoms with E-state index in [0.29, 0.717) is 27.7 Å². The van der Waals surface area contributed by atoms with E-state index in [1.165, 1.54) is 6.42 Å². The number of thioether (sulfide) groups is 1. The fourth-order valence-corrected chi connectivity index (χ4v) is 6.30. The van der Waals surface area contributed by atoms with Crippen molar-refractivity contribution in [3.63, 3.8) is 0 Å². The average Bonchev–Trinajstić information content (AvgIpc) is 3.14. The second-order valence-electron chi connectivity index (χ2n) is 8.81. The first-order chi connectivity index (χ1) is 17.0. The Morgan fingerprint density at radius 1 is 1.20 bits per heavy atom. The standard InChI is InChI=1S/C27H31BrN2O4S/c1-3-33-25(31)17-34-23-14-13-19(15-21(23)28)16-24-26(32)30(22-12-8-7-9-18(22)2)27(35-24)29-20-10-5-4-6-11-20/h4-6,10-11,13-16,18,22,27,29H,3,7-9,12,17H2,1-2H3/b24-16-/t18-,22-,27?/m0/s1. The SMILES string of the molecule is CCOC(=O)COc1ccc(/C=C2\SC(Nc3ccccc3)N([C@H]3CCCC[C@@H]3C)C2=O)cc1Br. The van der Waals surface area contributed by atoms with Crippen LogP contribution in [-0.4, -0.2) is 41.5 Å². The van der Waals surface area contributed by atoms with Crippen molar-refractivity contribution in [3.05, 3.63) is 63.5 Å². The maximum absolute atomic E-state index is 13.7. The quantitative estimate of drug-likeness (QED) is 0.303. The van der Waals surface area contributed by atoms with Gasteiger partial charge in [-0.05, 0) is 77.5 Å². The highest BCUT2D eigenvalue weighted by atomic mass is 79.9. The number of carbonyl (C=O) groups excluding carboxylic acids is 2. The van der Waals surface area contributed by atoms with Crippen molar-refractivity contribution in [2.45, 2.75) is 51.1 Å². The molecule has 2 aliphatic rings. The van der Waals surface area contributed by atoms with Crippen LogP contribution >= 0.6 is 27.7 Å². The van der Waals surface area contributed by atoms with E-state index in [9.17, 15) is 9.59 Å². The predicted molar refractivity (Wildman–Crippen MR) is 144 cm³/mol. The molecule has 1 saturated carbocycles. The summed E-state index contributed by atoms with van der Waals surface area (Å²) < 4.78 is 11.2. The molecule has 2 aromatic rings. The molecule has 6 nitrogen and oxygen atoms in total. The molecule has 2 fully saturated rings. The zero-order valence-corrected chi connectivity index (χ0v) is 22.4. The van der Waals surface area contributed by atoms with E-state index in [4.69, 9.17) is 9.47 Å². The molecule has 1 saturated heterocycles. The maximum atomic E-state index is 13.7. The van der Waals surface area contributed by atoms with Gasteiger partial charge in [-0.1, -0.05) is 55.8 Å². The van der Waals surface area contributed by atoms with Gasteiger partial charge in [0, 0.05) is 11.7 Å². The highest BCUT2D eigenvalue weighted by molar-refractivity contribution is 9.10. The van der Waals surface area contributed by atoms with E-state index in [1.807, 2.05) is 48.5 Å². The molecule has 4 rings (SSSR count). The Morgan fingerprint density at radius 2 is 1.97 bits per heavy atom. The maximum Gasteiger partial charge on any atom is 0.344 e. The van der Waals surface area contributed by atoms with Gasteiger partial charge in [0.15, 0.2) is 12.1 Å². The summed E-state index contributed by atoms with van der Waals surface area (Å²) in [5.41, 5.74) is 1.73. The predicted octanol–water partition coefficient (Wildman–Crippen LogP) is 6.28. The molecule has 1 N–H and O–H groups in total. The fraction of sp³-hybridized carbons (Fsp3) is 0.407. The Morgan fingerprint density at radius 3 is 2.69 bits per heavy atom. The van der Waals surface area contributed by atoms with Crippen molar-refractivity contribution in [3.8, 4) is 5.75 Å². The molecule has 1 heterocycles. The number of anilines is 1. The minimum absolute atomic E-state index is 0.0703. The molecule has 1 aliphatic heterocycles. The first kappa shape index (κ1) is 25.6. The third-order valence-electron chi connectivity index (χ3n) is 6.33. The van der Waals surface area contributed by atoms with Gasteiger partial charge in [-0.15, -0.1) is 0 Å². The van der Waals surface area contributed by atoms with Crippen LogP contribution < -0.4 is 10.1 Å². The zero-order chi connectivity index (χ0) is 24.8. The largest absolute Gasteiger partial charge is 0.481 e. The average molecular weight is 560 g/mol. The molecule has 1 unspecified atom stereocenters. The molecule has 0 bridgehead atoms. The summed E-state index contributed by atoms with van der Waals surface area (Å²) in [6, 6.07) is 15.8. The highest BCUT2D eigenvalue weighted by Gasteiger charge is 2.42. The van der Waals surface area contributed by atoms with E-state index in [2.05, 4.69) is 33.1 Å². The van der Waals surface area contributed by atoms with Gasteiger partial charge < -0.3 is 19.7 Å². The van der Waals surface area contributed by atoms with Gasteiger partial charge in [-0.2, -0.15) is 0 Å². The lowest BCUT2D eigenvalue weighted by Gasteiger charge is -2.39. The lowest BCUT2D eigenvalue weighted by Crippen LogP contribution is -2.48. The van der Waals surface area contributed by atoms with Crippen molar-refractivity contribution < 1.29 is 19.1 Å². The number of halogens is 1. The molecule has 1 aliphatic carbocycles. The summed E-state index contributed by atoms with van der Waals surface area (Å²) in [5.74, 6) is 0.679. The number of carbonyl (C=O) groups is 2. The molecule has 1 amide bonds. The molecule has 2 aromatic carbocycles. The van der Waals surface area contributed by atoms with Crippen LogP contribution in [0.15, 0.2) is 57.9 Å². The first-order valence-corrected chi connectivity index (χ1v) is 13.7. The van der Waals surface area contributed by atoms with Crippen LogP contribution in [0.2, 0.25) is 0 Å². The molecular weight excluding hydrogens is 528 g/mol. The van der Waals surface area contributed by atoms with Crippen LogP contribution in [0, 0.1) is 5.92 Å². The van der Waals surface area contributed by atoms with E-state index in [-0.39, 0.29) is 24.1 Å². The number of rotatable bonds is 8. The highest BCUT2D eigenvalue weighted by Crippen LogP contribution is 2.42. The smallest absolute Gasteiger partial charge is 0.344 e. The Labute approximate surface area is 219 Å². The van der Waals surface area contributed by atoms with Gasteiger partial charge in [-0.3, -0.25) is 4.79 Å². The Balaban J connectivity index is 1.54. The minimum Gasteiger partial charge on any atom is -0.481 e. The Hall–Kier alpha value is -2.45. The van der Waals surface area contributed by atoms with Gasteiger partial charge in [0.1, 0.15) is 5.75 Å². The van der Waals surface area contributed by atoms with Crippen LogP contribution in [0.3, 0.4) is 0 Å². The molecule has 186 valence electrons. The fourth-order valence-electron chi connectivity index (χ4n) is 4.58. The molecule has 0 radical (unpaired) electrons. The molecule has 0 spiro atoms. The van der Waals surface area contributed by atoms with Crippen molar-refractivity contribution in [1.29, 1.82) is 0 Å². The van der Waals surface area contributed by atoms with Crippen molar-refractivity contribution in [1.82, 2.24) is 4.90 Å². The lowest BCUT2D eigenvalue weighted by molar-refractivity contribution is -0.145. The number of amides is 1. The number of benzene rings is 2. The molecule has 0 aromatic heterocycles. The van der Waals surface area contributed by atoms with Gasteiger partial charge in [0.25, 0.3) is 5.91 Å². The summed E-state index contributed by atoms with van der Waals surface area (Å²) >= 11 is 5.08. The summed E-state index contributed by atoms with van der Waals surface area (Å²) in [5, 5.41) is 3.57. The Kier molecular flexibility index (Phi) is 8.78. The number of hydrogen-bond acceptors (Lipinski definition) is 6. The first-order valence-electron chi connectivity index (χ1n) is 12.1. The normalized spacial score (nSPS) is 23.4. The number of esters is 1. The van der Waals surface area contributed by atoms with Crippen molar-refractivity contribution >= 4 is 51.3 Å². The van der Waals surface area contributed by atoms with Gasteiger partial charge in [0.05, 0.1) is 16.0 Å². The number of hydrogen-bond donors (Lipinski definition) is 1. The molecule has 3 atom stereocenters. The van der Waals surface area contributed by atoms with E-state index < -0.39 is 5.97 Å². The van der Waals surface area contributed by atoms with E-state index in [1.54, 1.807) is 24.8 Å². The van der Waals surface area contributed by atoms with Crippen molar-refractivity contribution in [2.24, 2.45) is 5.92 Å². The lowest BCUT2D eigenvalue weighted by atomic mass is 9.85. The topological polar surface area (TPSA) is 67.9 Å². The Bertz CT molecular complexity index is 1080. The van der Waals surface area contributed by atoms with Crippen LogP contribution in [0.25, 0.3) is 6.08 Å². The third-order valence-corrected chi connectivity index (χ3v) is 8.06. The van der Waals surface area contributed by atoms with Crippen LogP contribution in [0.4, 0.5) is 5.69 Å². The van der Waals surface area contributed by atoms with Gasteiger partial charge in [0.2, 0.25) is 0 Å². The van der Waals surface area contributed by atoms with E-state index >= 15 is 0 Å². The van der Waals surface area contributed by atoms with Crippen LogP contribution in [0.5, 0.6) is 5.75 Å². The summed E-state index contributed by atoms with van der Waals surface area (Å²) in [4.78, 5) is 28.0. The van der Waals surface area contributed by atoms with Gasteiger partial charge >= 0.3 is 5.97 Å². The zero-order valence-electron chi connectivity index (χ0n) is 20.0. The van der Waals surface area contributed by atoms with Crippen LogP contribution in [-0.2, 0) is 14.3 Å². The van der Waals surface area contributed by atoms with Crippen LogP contribution in [0.1, 0.15) is 45.1 Å². The summed E-state index contributed by atoms with van der Waals surface area (Å²) in [6.45, 7) is 4.19. The van der Waals surface area contributed by atoms with Gasteiger partial charge in [-0.25, -0.2) is 4.79 Å². The second-order valence-corrected chi connectivity index (χ2v) is 10.8. The molecular formula is C27H31BrN2O4S. The molecule has 8 heteroatoms. The van der Waals surface area contributed by atoms with E-state index in [0.717, 1.165) is 30.5 Å². The third kappa shape index (κ3) is 6.41. The number of ether oxygens (including phenoxy) is 2. The number of para-hydroxylation sites is 1. The monoisotopic (exact) mass is 558 g/mol. The summed E-state index contributed by atoms with van der Waals surface area (Å²) in [7, 11) is 0.